The molecule has 4 rings (SSSR count). The smallest absolute Gasteiger partial charge is 0.331 e. The molecule has 0 N–H and O–H groups in total. The number of amides is 3. The number of unbranched alkanes of at least 4 members (excludes halogenated alkanes) is 1. The fraction of sp³-hybridized carbons (Fsp3) is 0.433. The molecular formula is C30H42N4O3. The maximum absolute atomic E-state index is 12.7. The first-order valence-electron chi connectivity index (χ1n) is 13.3. The Balaban J connectivity index is 0.00000115. The molecule has 2 heterocycles. The normalized spacial score (nSPS) is 12.6. The second kappa shape index (κ2) is 14.2. The molecule has 0 spiro atoms. The third kappa shape index (κ3) is 7.21. The van der Waals surface area contributed by atoms with Crippen molar-refractivity contribution in [1.82, 2.24) is 14.5 Å². The highest BCUT2D eigenvalue weighted by atomic mass is 16.5. The molecule has 0 atom stereocenters. The van der Waals surface area contributed by atoms with Crippen molar-refractivity contribution in [3.63, 3.8) is 0 Å². The molecule has 1 aromatic heterocycles. The van der Waals surface area contributed by atoms with Crippen LogP contribution in [0.1, 0.15) is 69.8 Å². The summed E-state index contributed by atoms with van der Waals surface area (Å²) in [4.78, 5) is 32.6. The third-order valence-corrected chi connectivity index (χ3v) is 5.95. The number of aromatic nitrogens is 2. The SMILES string of the molecule is CC.CC.CCCCc1cccc(Oc2nc3c(n2Cc2cccc(C)c2)CC(=O)N(C)C(=O)N3C)c1. The van der Waals surface area contributed by atoms with Gasteiger partial charge in [0.2, 0.25) is 5.91 Å². The number of carbonyl (C=O) groups is 2. The van der Waals surface area contributed by atoms with Gasteiger partial charge in [0.05, 0.1) is 18.7 Å². The van der Waals surface area contributed by atoms with Crippen LogP contribution in [0.2, 0.25) is 0 Å². The number of fused-ring (bicyclic) bond motifs is 1. The summed E-state index contributed by atoms with van der Waals surface area (Å²) in [6, 6.07) is 16.1. The van der Waals surface area contributed by atoms with E-state index in [-0.39, 0.29) is 12.3 Å². The molecule has 7 heteroatoms. The zero-order chi connectivity index (χ0) is 27.5. The molecule has 1 aliphatic heterocycles. The van der Waals surface area contributed by atoms with Crippen LogP contribution in [0.5, 0.6) is 11.8 Å². The van der Waals surface area contributed by atoms with Crippen molar-refractivity contribution in [2.45, 2.75) is 73.8 Å². The average Bonchev–Trinajstić information content (AvgIpc) is 3.21. The minimum atomic E-state index is -0.410. The Hall–Kier alpha value is -3.61. The topological polar surface area (TPSA) is 67.7 Å². The van der Waals surface area contributed by atoms with E-state index in [1.54, 1.807) is 7.05 Å². The van der Waals surface area contributed by atoms with Gasteiger partial charge in [-0.1, -0.05) is 83.0 Å². The number of rotatable bonds is 7. The van der Waals surface area contributed by atoms with E-state index >= 15 is 0 Å². The highest BCUT2D eigenvalue weighted by molar-refractivity contribution is 6.05. The Labute approximate surface area is 222 Å². The van der Waals surface area contributed by atoms with Gasteiger partial charge < -0.3 is 4.74 Å². The summed E-state index contributed by atoms with van der Waals surface area (Å²) in [7, 11) is 3.13. The molecule has 200 valence electrons. The van der Waals surface area contributed by atoms with Gasteiger partial charge in [0.25, 0.3) is 0 Å². The van der Waals surface area contributed by atoms with E-state index < -0.39 is 6.03 Å². The van der Waals surface area contributed by atoms with Gasteiger partial charge in [-0.15, -0.1) is 0 Å². The second-order valence-corrected chi connectivity index (χ2v) is 8.56. The van der Waals surface area contributed by atoms with Gasteiger partial charge in [0.15, 0.2) is 5.82 Å². The number of urea groups is 1. The maximum Gasteiger partial charge on any atom is 0.331 e. The van der Waals surface area contributed by atoms with Crippen molar-refractivity contribution in [3.8, 4) is 11.8 Å². The van der Waals surface area contributed by atoms with Gasteiger partial charge in [-0.05, 0) is 43.0 Å². The summed E-state index contributed by atoms with van der Waals surface area (Å²) < 4.78 is 8.17. The van der Waals surface area contributed by atoms with E-state index in [2.05, 4.69) is 24.0 Å². The van der Waals surface area contributed by atoms with Gasteiger partial charge in [-0.3, -0.25) is 19.2 Å². The number of likely N-dealkylation sites (N-methyl/N-ethyl adjacent to an activating group) is 1. The molecular weight excluding hydrogens is 464 g/mol. The van der Waals surface area contributed by atoms with E-state index in [4.69, 9.17) is 4.74 Å². The molecule has 0 saturated heterocycles. The largest absolute Gasteiger partial charge is 0.425 e. The van der Waals surface area contributed by atoms with Crippen molar-refractivity contribution in [2.24, 2.45) is 0 Å². The van der Waals surface area contributed by atoms with Crippen LogP contribution >= 0.6 is 0 Å². The standard InChI is InChI=1S/C26H30N4O3.2C2H6/c1-5-6-10-19-11-8-13-21(15-19)33-25-27-24-22(16-23(31)28(3)26(32)29(24)4)30(25)17-20-12-7-9-18(2)14-20;2*1-2/h7-9,11-15H,5-6,10,16-17H2,1-4H3;2*1-2H3. The van der Waals surface area contributed by atoms with Gasteiger partial charge in [-0.25, -0.2) is 4.79 Å². The van der Waals surface area contributed by atoms with Crippen molar-refractivity contribution in [3.05, 3.63) is 70.9 Å². The monoisotopic (exact) mass is 506 g/mol. The predicted octanol–water partition coefficient (Wildman–Crippen LogP) is 7.00. The van der Waals surface area contributed by atoms with Gasteiger partial charge in [-0.2, -0.15) is 4.98 Å². The van der Waals surface area contributed by atoms with Crippen molar-refractivity contribution in [1.29, 1.82) is 0 Å². The first-order valence-corrected chi connectivity index (χ1v) is 13.3. The minimum Gasteiger partial charge on any atom is -0.425 e. The summed E-state index contributed by atoms with van der Waals surface area (Å²) in [6.07, 6.45) is 3.30. The summed E-state index contributed by atoms with van der Waals surface area (Å²) in [5.74, 6) is 0.860. The lowest BCUT2D eigenvalue weighted by atomic mass is 10.1. The van der Waals surface area contributed by atoms with Gasteiger partial charge in [0, 0.05) is 14.1 Å². The van der Waals surface area contributed by atoms with Crippen LogP contribution in [0.15, 0.2) is 48.5 Å². The van der Waals surface area contributed by atoms with Crippen molar-refractivity contribution >= 4 is 17.8 Å². The summed E-state index contributed by atoms with van der Waals surface area (Å²) in [6.45, 7) is 12.7. The number of hydrogen-bond donors (Lipinski definition) is 0. The Morgan fingerprint density at radius 3 is 2.27 bits per heavy atom. The number of imidazole rings is 1. The second-order valence-electron chi connectivity index (χ2n) is 8.56. The lowest BCUT2D eigenvalue weighted by molar-refractivity contribution is -0.126. The molecule has 3 amide bonds. The first kappa shape index (κ1) is 29.6. The zero-order valence-corrected chi connectivity index (χ0v) is 23.7. The molecule has 0 unspecified atom stereocenters. The Kier molecular flexibility index (Phi) is 11.4. The van der Waals surface area contributed by atoms with Gasteiger partial charge >= 0.3 is 12.0 Å². The molecule has 0 fully saturated rings. The number of anilines is 1. The average molecular weight is 507 g/mol. The number of benzene rings is 2. The zero-order valence-electron chi connectivity index (χ0n) is 23.7. The predicted molar refractivity (Wildman–Crippen MR) is 151 cm³/mol. The van der Waals surface area contributed by atoms with E-state index in [1.165, 1.54) is 17.5 Å². The van der Waals surface area contributed by atoms with Crippen LogP contribution in [0, 0.1) is 6.92 Å². The number of aryl methyl sites for hydroxylation is 2. The third-order valence-electron chi connectivity index (χ3n) is 5.95. The quantitative estimate of drug-likeness (QED) is 0.346. The Bertz CT molecular complexity index is 1190. The van der Waals surface area contributed by atoms with Crippen LogP contribution in [-0.4, -0.2) is 40.5 Å². The van der Waals surface area contributed by atoms with Crippen LogP contribution in [0.25, 0.3) is 0 Å². The van der Waals surface area contributed by atoms with E-state index in [0.29, 0.717) is 29.8 Å². The fourth-order valence-electron chi connectivity index (χ4n) is 4.06. The first-order chi connectivity index (χ1) is 17.9. The van der Waals surface area contributed by atoms with Crippen LogP contribution in [0.3, 0.4) is 0 Å². The summed E-state index contributed by atoms with van der Waals surface area (Å²) in [5, 5.41) is 0. The van der Waals surface area contributed by atoms with Crippen LogP contribution in [0.4, 0.5) is 10.6 Å². The molecule has 37 heavy (non-hydrogen) atoms. The lowest BCUT2D eigenvalue weighted by Crippen LogP contribution is -2.40. The van der Waals surface area contributed by atoms with E-state index in [9.17, 15) is 9.59 Å². The van der Waals surface area contributed by atoms with Crippen molar-refractivity contribution in [2.75, 3.05) is 19.0 Å². The molecule has 0 bridgehead atoms. The molecule has 3 aromatic rings. The number of nitrogens with zero attached hydrogens (tertiary/aromatic N) is 4. The lowest BCUT2D eigenvalue weighted by Gasteiger charge is -2.18. The molecule has 0 aliphatic carbocycles. The summed E-state index contributed by atoms with van der Waals surface area (Å²) >= 11 is 0. The number of imide groups is 1. The Morgan fingerprint density at radius 1 is 0.919 bits per heavy atom. The highest BCUT2D eigenvalue weighted by Gasteiger charge is 2.34. The van der Waals surface area contributed by atoms with Gasteiger partial charge in [0.1, 0.15) is 5.75 Å². The summed E-state index contributed by atoms with van der Waals surface area (Å²) in [5.41, 5.74) is 4.08. The number of carbonyl (C=O) groups excluding carboxylic acids is 2. The van der Waals surface area contributed by atoms with Crippen LogP contribution < -0.4 is 9.64 Å². The van der Waals surface area contributed by atoms with Crippen LogP contribution in [-0.2, 0) is 24.2 Å². The molecule has 1 aliphatic rings. The van der Waals surface area contributed by atoms with E-state index in [0.717, 1.165) is 35.3 Å². The fourth-order valence-corrected chi connectivity index (χ4v) is 4.06. The van der Waals surface area contributed by atoms with Crippen molar-refractivity contribution < 1.29 is 14.3 Å². The maximum atomic E-state index is 12.7. The minimum absolute atomic E-state index is 0.0701. The Morgan fingerprint density at radius 2 is 1.59 bits per heavy atom. The molecule has 2 aromatic carbocycles. The molecule has 0 saturated carbocycles. The molecule has 0 radical (unpaired) electrons. The number of hydrogen-bond acceptors (Lipinski definition) is 4. The highest BCUT2D eigenvalue weighted by Crippen LogP contribution is 2.33. The number of ether oxygens (including phenoxy) is 1. The van der Waals surface area contributed by atoms with E-state index in [1.807, 2.05) is 75.6 Å². The molecule has 7 nitrogen and oxygen atoms in total.